The molecule has 10 heteroatoms. The minimum Gasteiger partial charge on any atom is -0.504 e. The number of phenols is 1. The molecule has 0 bridgehead atoms. The van der Waals surface area contributed by atoms with Gasteiger partial charge in [-0.15, -0.1) is 0 Å². The third-order valence-electron chi connectivity index (χ3n) is 5.11. The number of aromatic nitrogens is 1. The second-order valence-corrected chi connectivity index (χ2v) is 9.02. The quantitative estimate of drug-likeness (QED) is 0.498. The number of hydrogen-bond donors (Lipinski definition) is 3. The van der Waals surface area contributed by atoms with E-state index in [1.54, 1.807) is 12.1 Å². The molecule has 0 aliphatic carbocycles. The number of ether oxygens (including phenoxy) is 1. The number of aromatic amines is 1. The Morgan fingerprint density at radius 1 is 1.16 bits per heavy atom. The van der Waals surface area contributed by atoms with Gasteiger partial charge in [-0.2, -0.15) is 0 Å². The number of para-hydroxylation sites is 1. The summed E-state index contributed by atoms with van der Waals surface area (Å²) < 4.78 is 18.6. The van der Waals surface area contributed by atoms with Crippen LogP contribution in [0.5, 0.6) is 11.5 Å². The summed E-state index contributed by atoms with van der Waals surface area (Å²) >= 11 is 1.74. The van der Waals surface area contributed by atoms with Gasteiger partial charge in [0.1, 0.15) is 11.1 Å². The van der Waals surface area contributed by atoms with E-state index in [0.29, 0.717) is 9.90 Å². The summed E-state index contributed by atoms with van der Waals surface area (Å²) in [5, 5.41) is 19.8. The van der Waals surface area contributed by atoms with Crippen LogP contribution >= 0.6 is 23.1 Å². The Morgan fingerprint density at radius 3 is 2.52 bits per heavy atom. The topological polar surface area (TPSA) is 117 Å². The molecule has 0 unspecified atom stereocenters. The Morgan fingerprint density at radius 2 is 1.87 bits per heavy atom. The number of carbonyl (C=O) groups is 2. The van der Waals surface area contributed by atoms with Gasteiger partial charge in [0.25, 0.3) is 0 Å². The highest BCUT2D eigenvalue weighted by molar-refractivity contribution is 8.00. The average Bonchev–Trinajstić information content (AvgIpc) is 3.12. The fraction of sp³-hybridized carbons (Fsp3) is 0.190. The highest BCUT2D eigenvalue weighted by atomic mass is 32.2. The number of hydrogen-bond acceptors (Lipinski definition) is 7. The van der Waals surface area contributed by atoms with Gasteiger partial charge >= 0.3 is 10.8 Å². The van der Waals surface area contributed by atoms with E-state index in [4.69, 9.17) is 4.74 Å². The van der Waals surface area contributed by atoms with Crippen LogP contribution < -0.4 is 9.61 Å². The fourth-order valence-electron chi connectivity index (χ4n) is 3.75. The number of ketones is 1. The predicted molar refractivity (Wildman–Crippen MR) is 113 cm³/mol. The molecular formula is C21H16FNO6S2. The van der Waals surface area contributed by atoms with Crippen LogP contribution in [-0.2, 0) is 4.79 Å². The van der Waals surface area contributed by atoms with Crippen LogP contribution in [0.4, 0.5) is 4.39 Å². The molecule has 1 aromatic heterocycles. The molecular weight excluding hydrogens is 445 g/mol. The number of H-pyrrole nitrogens is 1. The van der Waals surface area contributed by atoms with Crippen molar-refractivity contribution in [1.82, 2.24) is 4.98 Å². The van der Waals surface area contributed by atoms with Gasteiger partial charge in [0.05, 0.1) is 18.1 Å². The molecule has 0 spiro atoms. The minimum absolute atomic E-state index is 0.136. The van der Waals surface area contributed by atoms with E-state index in [2.05, 4.69) is 4.98 Å². The Bertz CT molecular complexity index is 1220. The van der Waals surface area contributed by atoms with Gasteiger partial charge in [-0.05, 0) is 30.3 Å². The number of methoxy groups -OCH3 is 1. The summed E-state index contributed by atoms with van der Waals surface area (Å²) in [7, 11) is 1.37. The third-order valence-corrected chi connectivity index (χ3v) is 7.52. The smallest absolute Gasteiger partial charge is 0.317 e. The van der Waals surface area contributed by atoms with Gasteiger partial charge in [-0.25, -0.2) is 4.39 Å². The molecule has 7 nitrogen and oxygen atoms in total. The number of thiazole rings is 1. The largest absolute Gasteiger partial charge is 0.504 e. The Labute approximate surface area is 183 Å². The number of halogens is 1. The van der Waals surface area contributed by atoms with Crippen molar-refractivity contribution in [3.05, 3.63) is 74.0 Å². The first-order valence-corrected chi connectivity index (χ1v) is 10.8. The lowest BCUT2D eigenvalue weighted by atomic mass is 9.77. The number of phenolic OH excluding ortho intramolecular Hbond substituents is 1. The summed E-state index contributed by atoms with van der Waals surface area (Å²) in [5.74, 6) is -4.47. The molecule has 0 saturated carbocycles. The average molecular weight is 461 g/mol. The van der Waals surface area contributed by atoms with Gasteiger partial charge in [0, 0.05) is 21.9 Å². The lowest BCUT2D eigenvalue weighted by molar-refractivity contribution is -0.137. The van der Waals surface area contributed by atoms with Crippen molar-refractivity contribution in [3.8, 4) is 11.5 Å². The van der Waals surface area contributed by atoms with E-state index < -0.39 is 39.5 Å². The van der Waals surface area contributed by atoms with Gasteiger partial charge in [-0.1, -0.05) is 35.2 Å². The van der Waals surface area contributed by atoms with E-state index in [1.807, 2.05) is 0 Å². The van der Waals surface area contributed by atoms with Crippen LogP contribution in [0.2, 0.25) is 0 Å². The molecule has 4 rings (SSSR count). The fourth-order valence-corrected chi connectivity index (χ4v) is 6.15. The number of Topliss-reactive ketones (excluding diaryl/α,β-unsaturated/α-hetero) is 1. The van der Waals surface area contributed by atoms with Crippen LogP contribution in [0.3, 0.4) is 0 Å². The maximum Gasteiger partial charge on any atom is 0.317 e. The molecule has 1 aliphatic heterocycles. The second-order valence-electron chi connectivity index (χ2n) is 6.86. The Hall–Kier alpha value is -3.11. The molecule has 31 heavy (non-hydrogen) atoms. The lowest BCUT2D eigenvalue weighted by Crippen LogP contribution is -2.39. The van der Waals surface area contributed by atoms with Gasteiger partial charge < -0.3 is 19.9 Å². The van der Waals surface area contributed by atoms with Crippen molar-refractivity contribution in [1.29, 1.82) is 0 Å². The van der Waals surface area contributed by atoms with Crippen molar-refractivity contribution in [3.63, 3.8) is 0 Å². The predicted octanol–water partition coefficient (Wildman–Crippen LogP) is 3.48. The van der Waals surface area contributed by atoms with Crippen LogP contribution in [0.15, 0.2) is 52.3 Å². The maximum absolute atomic E-state index is 13.5. The van der Waals surface area contributed by atoms with Gasteiger partial charge in [0.15, 0.2) is 17.3 Å². The van der Waals surface area contributed by atoms with E-state index in [-0.39, 0.29) is 22.6 Å². The lowest BCUT2D eigenvalue weighted by Gasteiger charge is -2.34. The van der Waals surface area contributed by atoms with E-state index in [0.717, 1.165) is 35.2 Å². The summed E-state index contributed by atoms with van der Waals surface area (Å²) in [4.78, 5) is 40.4. The highest BCUT2D eigenvalue weighted by Gasteiger charge is 2.48. The molecule has 3 aromatic rings. The number of fused-ring (bicyclic) bond motifs is 1. The van der Waals surface area contributed by atoms with E-state index >= 15 is 0 Å². The molecule has 3 atom stereocenters. The zero-order valence-electron chi connectivity index (χ0n) is 16.0. The molecule has 0 radical (unpaired) electrons. The minimum atomic E-state index is -1.24. The van der Waals surface area contributed by atoms with Crippen molar-refractivity contribution in [2.75, 3.05) is 7.11 Å². The standard InChI is InChI=1S/C21H16FNO6S2/c1-29-12-4-2-3-11(16(12)25)13-14(15(24)9-5-7-10(22)8-6-9)18(20(26)27)30-19-17(13)31-21(28)23-19/h2-8,13-14,18,25H,1H3,(H,23,28)(H,26,27)/t13-,14-,18+/m0/s1. The van der Waals surface area contributed by atoms with Gasteiger partial charge in [-0.3, -0.25) is 14.4 Å². The van der Waals surface area contributed by atoms with Crippen LogP contribution in [0, 0.1) is 11.7 Å². The molecule has 0 amide bonds. The SMILES string of the molecule is COc1cccc([C@@H]2c3sc(=O)[nH]c3S[C@@H](C(=O)O)[C@@H]2C(=O)c2ccc(F)cc2)c1O. The number of rotatable bonds is 5. The first-order valence-electron chi connectivity index (χ1n) is 9.10. The first-order chi connectivity index (χ1) is 14.8. The Kier molecular flexibility index (Phi) is 5.59. The van der Waals surface area contributed by atoms with Crippen molar-refractivity contribution in [2.24, 2.45) is 5.92 Å². The second kappa shape index (κ2) is 8.20. The maximum atomic E-state index is 13.5. The van der Waals surface area contributed by atoms with E-state index in [9.17, 15) is 29.0 Å². The molecule has 0 fully saturated rings. The number of thioether (sulfide) groups is 1. The first kappa shape index (κ1) is 21.1. The summed E-state index contributed by atoms with van der Waals surface area (Å²) in [6.07, 6.45) is 0. The number of aliphatic carboxylic acids is 1. The number of carbonyl (C=O) groups excluding carboxylic acids is 1. The zero-order valence-corrected chi connectivity index (χ0v) is 17.6. The van der Waals surface area contributed by atoms with Crippen molar-refractivity contribution < 1.29 is 28.9 Å². The highest BCUT2D eigenvalue weighted by Crippen LogP contribution is 2.52. The number of aromatic hydroxyl groups is 1. The number of carboxylic acid groups (broad SMARTS) is 1. The van der Waals surface area contributed by atoms with Crippen LogP contribution in [-0.4, -0.2) is 39.3 Å². The van der Waals surface area contributed by atoms with Crippen molar-refractivity contribution in [2.45, 2.75) is 16.2 Å². The summed E-state index contributed by atoms with van der Waals surface area (Å²) in [6.45, 7) is 0. The zero-order chi connectivity index (χ0) is 22.3. The van der Waals surface area contributed by atoms with Crippen LogP contribution in [0.25, 0.3) is 0 Å². The molecule has 2 aromatic carbocycles. The number of nitrogens with one attached hydrogen (secondary N) is 1. The monoisotopic (exact) mass is 461 g/mol. The molecule has 160 valence electrons. The van der Waals surface area contributed by atoms with Crippen LogP contribution in [0.1, 0.15) is 26.7 Å². The third kappa shape index (κ3) is 3.72. The summed E-state index contributed by atoms with van der Waals surface area (Å²) in [6, 6.07) is 9.53. The molecule has 1 aliphatic rings. The number of benzene rings is 2. The Balaban J connectivity index is 1.95. The molecule has 0 saturated heterocycles. The van der Waals surface area contributed by atoms with Gasteiger partial charge in [0.2, 0.25) is 0 Å². The number of carboxylic acids is 1. The normalized spacial score (nSPS) is 20.1. The van der Waals surface area contributed by atoms with E-state index in [1.165, 1.54) is 25.3 Å². The molecule has 3 N–H and O–H groups in total. The summed E-state index contributed by atoms with van der Waals surface area (Å²) in [5.41, 5.74) is 0.403. The molecule has 2 heterocycles. The van der Waals surface area contributed by atoms with Crippen molar-refractivity contribution >= 4 is 34.9 Å².